The highest BCUT2D eigenvalue weighted by atomic mass is 19.1. The van der Waals surface area contributed by atoms with Crippen LogP contribution in [0.2, 0.25) is 0 Å². The number of halogens is 1. The molecule has 0 atom stereocenters. The average molecular weight is 422 g/mol. The fraction of sp³-hybridized carbons (Fsp3) is 0.333. The van der Waals surface area contributed by atoms with Crippen molar-refractivity contribution in [3.8, 4) is 5.69 Å². The molecule has 162 valence electrons. The van der Waals surface area contributed by atoms with Crippen molar-refractivity contribution in [2.24, 2.45) is 0 Å². The Morgan fingerprint density at radius 1 is 0.968 bits per heavy atom. The molecule has 2 aromatic carbocycles. The van der Waals surface area contributed by atoms with Crippen LogP contribution in [0.3, 0.4) is 0 Å². The molecule has 0 bridgehead atoms. The highest BCUT2D eigenvalue weighted by molar-refractivity contribution is 5.96. The van der Waals surface area contributed by atoms with E-state index in [4.69, 9.17) is 0 Å². The third-order valence-electron chi connectivity index (χ3n) is 5.80. The summed E-state index contributed by atoms with van der Waals surface area (Å²) in [6.45, 7) is 9.02. The molecule has 1 fully saturated rings. The van der Waals surface area contributed by atoms with Gasteiger partial charge in [-0.25, -0.2) is 9.07 Å². The maximum Gasteiger partial charge on any atom is 0.255 e. The lowest BCUT2D eigenvalue weighted by Crippen LogP contribution is -2.48. The maximum absolute atomic E-state index is 13.2. The van der Waals surface area contributed by atoms with Crippen LogP contribution >= 0.6 is 0 Å². The lowest BCUT2D eigenvalue weighted by Gasteiger charge is -2.36. The zero-order valence-electron chi connectivity index (χ0n) is 18.0. The van der Waals surface area contributed by atoms with Gasteiger partial charge in [-0.3, -0.25) is 9.69 Å². The predicted molar refractivity (Wildman–Crippen MR) is 120 cm³/mol. The van der Waals surface area contributed by atoms with Crippen LogP contribution in [0.5, 0.6) is 0 Å². The molecule has 2 heterocycles. The fourth-order valence-electron chi connectivity index (χ4n) is 4.09. The normalized spacial score (nSPS) is 14.6. The molecule has 31 heavy (non-hydrogen) atoms. The first-order chi connectivity index (χ1) is 15.0. The van der Waals surface area contributed by atoms with E-state index < -0.39 is 0 Å². The van der Waals surface area contributed by atoms with Crippen molar-refractivity contribution in [1.82, 2.24) is 20.0 Å². The highest BCUT2D eigenvalue weighted by Crippen LogP contribution is 2.18. The second kappa shape index (κ2) is 9.31. The third kappa shape index (κ3) is 4.77. The molecule has 1 saturated heterocycles. The van der Waals surface area contributed by atoms with Crippen molar-refractivity contribution >= 4 is 11.6 Å². The smallest absolute Gasteiger partial charge is 0.255 e. The van der Waals surface area contributed by atoms with Gasteiger partial charge < -0.3 is 10.2 Å². The SMILES string of the molecule is Cc1nn(-c2ccc(F)cc2)c(C)c1C(=O)NCCN1CCN(c2ccccc2)CC1. The van der Waals surface area contributed by atoms with Crippen molar-refractivity contribution in [3.63, 3.8) is 0 Å². The Labute approximate surface area is 182 Å². The van der Waals surface area contributed by atoms with Crippen LogP contribution in [0.15, 0.2) is 54.6 Å². The van der Waals surface area contributed by atoms with E-state index in [1.165, 1.54) is 17.8 Å². The molecule has 1 aliphatic heterocycles. The summed E-state index contributed by atoms with van der Waals surface area (Å²) in [5, 5.41) is 7.52. The molecular formula is C24H28FN5O. The third-order valence-corrected chi connectivity index (χ3v) is 5.80. The number of amides is 1. The summed E-state index contributed by atoms with van der Waals surface area (Å²) >= 11 is 0. The molecule has 7 heteroatoms. The number of carbonyl (C=O) groups excluding carboxylic acids is 1. The minimum absolute atomic E-state index is 0.119. The van der Waals surface area contributed by atoms with E-state index in [9.17, 15) is 9.18 Å². The number of carbonyl (C=O) groups is 1. The van der Waals surface area contributed by atoms with Gasteiger partial charge in [0, 0.05) is 45.0 Å². The lowest BCUT2D eigenvalue weighted by atomic mass is 10.2. The summed E-state index contributed by atoms with van der Waals surface area (Å²) in [5.74, 6) is -0.417. The zero-order valence-corrected chi connectivity index (χ0v) is 18.0. The number of piperazine rings is 1. The minimum Gasteiger partial charge on any atom is -0.369 e. The van der Waals surface area contributed by atoms with E-state index in [0.29, 0.717) is 17.8 Å². The van der Waals surface area contributed by atoms with Crippen LogP contribution in [0, 0.1) is 19.7 Å². The quantitative estimate of drug-likeness (QED) is 0.664. The molecule has 1 aromatic heterocycles. The van der Waals surface area contributed by atoms with Crippen LogP contribution in [-0.2, 0) is 0 Å². The monoisotopic (exact) mass is 421 g/mol. The van der Waals surface area contributed by atoms with Gasteiger partial charge in [-0.1, -0.05) is 18.2 Å². The van der Waals surface area contributed by atoms with Crippen molar-refractivity contribution in [1.29, 1.82) is 0 Å². The van der Waals surface area contributed by atoms with Gasteiger partial charge in [0.2, 0.25) is 0 Å². The Morgan fingerprint density at radius 2 is 1.65 bits per heavy atom. The molecule has 6 nitrogen and oxygen atoms in total. The summed E-state index contributed by atoms with van der Waals surface area (Å²) in [5.41, 5.74) is 3.99. The summed E-state index contributed by atoms with van der Waals surface area (Å²) in [6.07, 6.45) is 0. The average Bonchev–Trinajstić information content (AvgIpc) is 3.09. The Morgan fingerprint density at radius 3 is 2.32 bits per heavy atom. The topological polar surface area (TPSA) is 53.4 Å². The van der Waals surface area contributed by atoms with Gasteiger partial charge in [-0.2, -0.15) is 5.10 Å². The van der Waals surface area contributed by atoms with Gasteiger partial charge in [-0.05, 0) is 50.2 Å². The molecular weight excluding hydrogens is 393 g/mol. The van der Waals surface area contributed by atoms with Crippen molar-refractivity contribution in [2.45, 2.75) is 13.8 Å². The van der Waals surface area contributed by atoms with Crippen LogP contribution in [0.4, 0.5) is 10.1 Å². The Hall–Kier alpha value is -3.19. The standard InChI is InChI=1S/C24H28FN5O/c1-18-23(19(2)30(27-18)22-10-8-20(25)9-11-22)24(31)26-12-13-28-14-16-29(17-15-28)21-6-4-3-5-7-21/h3-11H,12-17H2,1-2H3,(H,26,31). The van der Waals surface area contributed by atoms with Crippen molar-refractivity contribution in [2.75, 3.05) is 44.2 Å². The Bertz CT molecular complexity index is 1020. The van der Waals surface area contributed by atoms with Crippen molar-refractivity contribution < 1.29 is 9.18 Å². The Kier molecular flexibility index (Phi) is 6.32. The molecule has 1 amide bonds. The predicted octanol–water partition coefficient (Wildman–Crippen LogP) is 3.18. The van der Waals surface area contributed by atoms with Gasteiger partial charge >= 0.3 is 0 Å². The van der Waals surface area contributed by atoms with Crippen molar-refractivity contribution in [3.05, 3.63) is 77.4 Å². The molecule has 0 unspecified atom stereocenters. The summed E-state index contributed by atoms with van der Waals surface area (Å²) in [7, 11) is 0. The van der Waals surface area contributed by atoms with Gasteiger partial charge in [0.15, 0.2) is 0 Å². The van der Waals surface area contributed by atoms with E-state index in [-0.39, 0.29) is 11.7 Å². The van der Waals surface area contributed by atoms with E-state index in [0.717, 1.165) is 44.1 Å². The molecule has 0 saturated carbocycles. The van der Waals surface area contributed by atoms with Gasteiger partial charge in [0.05, 0.1) is 22.6 Å². The van der Waals surface area contributed by atoms with Crippen LogP contribution < -0.4 is 10.2 Å². The largest absolute Gasteiger partial charge is 0.369 e. The minimum atomic E-state index is -0.298. The first-order valence-electron chi connectivity index (χ1n) is 10.7. The number of hydrogen-bond acceptors (Lipinski definition) is 4. The molecule has 4 rings (SSSR count). The fourth-order valence-corrected chi connectivity index (χ4v) is 4.09. The van der Waals surface area contributed by atoms with E-state index in [1.807, 2.05) is 19.9 Å². The second-order valence-corrected chi connectivity index (χ2v) is 7.85. The van der Waals surface area contributed by atoms with Gasteiger partial charge in [0.1, 0.15) is 5.82 Å². The first kappa shape index (κ1) is 21.1. The highest BCUT2D eigenvalue weighted by Gasteiger charge is 2.20. The number of nitrogens with one attached hydrogen (secondary N) is 1. The number of aromatic nitrogens is 2. The van der Waals surface area contributed by atoms with Crippen LogP contribution in [0.25, 0.3) is 5.69 Å². The van der Waals surface area contributed by atoms with Crippen LogP contribution in [0.1, 0.15) is 21.7 Å². The number of para-hydroxylation sites is 1. The molecule has 3 aromatic rings. The van der Waals surface area contributed by atoms with E-state index in [2.05, 4.69) is 44.5 Å². The molecule has 0 spiro atoms. The molecule has 0 radical (unpaired) electrons. The maximum atomic E-state index is 13.2. The zero-order chi connectivity index (χ0) is 21.8. The Balaban J connectivity index is 1.30. The number of benzene rings is 2. The molecule has 1 N–H and O–H groups in total. The van der Waals surface area contributed by atoms with E-state index >= 15 is 0 Å². The number of aryl methyl sites for hydroxylation is 1. The van der Waals surface area contributed by atoms with Gasteiger partial charge in [-0.15, -0.1) is 0 Å². The number of rotatable bonds is 6. The number of nitrogens with zero attached hydrogens (tertiary/aromatic N) is 4. The second-order valence-electron chi connectivity index (χ2n) is 7.85. The number of hydrogen-bond donors (Lipinski definition) is 1. The molecule has 0 aliphatic carbocycles. The summed E-state index contributed by atoms with van der Waals surface area (Å²) in [6, 6.07) is 16.6. The summed E-state index contributed by atoms with van der Waals surface area (Å²) in [4.78, 5) is 17.6. The number of anilines is 1. The first-order valence-corrected chi connectivity index (χ1v) is 10.7. The van der Waals surface area contributed by atoms with Gasteiger partial charge in [0.25, 0.3) is 5.91 Å². The van der Waals surface area contributed by atoms with Crippen LogP contribution in [-0.4, -0.2) is 59.9 Å². The molecule has 1 aliphatic rings. The van der Waals surface area contributed by atoms with E-state index in [1.54, 1.807) is 16.8 Å². The summed E-state index contributed by atoms with van der Waals surface area (Å²) < 4.78 is 14.9. The lowest BCUT2D eigenvalue weighted by molar-refractivity contribution is 0.0946.